The van der Waals surface area contributed by atoms with E-state index in [1.807, 2.05) is 0 Å². The molecule has 2 N–H and O–H groups in total. The predicted molar refractivity (Wildman–Crippen MR) is 48.6 cm³/mol. The van der Waals surface area contributed by atoms with Gasteiger partial charge in [-0.2, -0.15) is 0 Å². The third-order valence-electron chi connectivity index (χ3n) is 1.59. The van der Waals surface area contributed by atoms with Crippen molar-refractivity contribution in [3.63, 3.8) is 0 Å². The van der Waals surface area contributed by atoms with Crippen molar-refractivity contribution in [2.24, 2.45) is 0 Å². The van der Waals surface area contributed by atoms with Crippen LogP contribution in [0.1, 0.15) is 0 Å². The van der Waals surface area contributed by atoms with Crippen LogP contribution < -0.4 is 0 Å². The van der Waals surface area contributed by atoms with E-state index in [0.29, 0.717) is 16.3 Å². The third kappa shape index (κ3) is 1.31. The van der Waals surface area contributed by atoms with E-state index in [1.165, 1.54) is 12.1 Å². The highest BCUT2D eigenvalue weighted by Gasteiger charge is 2.08. The van der Waals surface area contributed by atoms with Crippen molar-refractivity contribution in [3.05, 3.63) is 18.4 Å². The minimum absolute atomic E-state index is 0.207. The fraction of sp³-hybridized carbons (Fsp3) is 0. The molecule has 1 aromatic carbocycles. The zero-order chi connectivity index (χ0) is 9.42. The predicted octanol–water partition coefficient (Wildman–Crippen LogP) is 2.12. The lowest BCUT2D eigenvalue weighted by Gasteiger charge is -1.93. The Morgan fingerprint density at radius 1 is 1.31 bits per heavy atom. The molecule has 0 saturated carbocycles. The third-order valence-corrected chi connectivity index (χ3v) is 2.01. The Morgan fingerprint density at radius 3 is 2.69 bits per heavy atom. The molecule has 0 amide bonds. The molecule has 0 fully saturated rings. The van der Waals surface area contributed by atoms with E-state index in [4.69, 9.17) is 14.6 Å². The molecule has 2 rings (SSSR count). The van der Waals surface area contributed by atoms with E-state index >= 15 is 0 Å². The smallest absolute Gasteiger partial charge is 0.256 e. The maximum atomic E-state index is 9.15. The normalized spacial score (nSPS) is 10.8. The number of aromatic nitrogens is 1. The summed E-state index contributed by atoms with van der Waals surface area (Å²) in [6.07, 6.45) is 3.53. The number of fused-ring (bicyclic) bond motifs is 1. The van der Waals surface area contributed by atoms with Gasteiger partial charge in [-0.15, -0.1) is 0 Å². The maximum Gasteiger partial charge on any atom is 0.256 e. The summed E-state index contributed by atoms with van der Waals surface area (Å²) in [5.74, 6) is -0.425. The van der Waals surface area contributed by atoms with Gasteiger partial charge in [0, 0.05) is 18.4 Å². The minimum atomic E-state index is -0.218. The van der Waals surface area contributed by atoms with Gasteiger partial charge in [0.15, 0.2) is 17.1 Å². The first-order valence-electron chi connectivity index (χ1n) is 3.45. The van der Waals surface area contributed by atoms with Gasteiger partial charge in [0.25, 0.3) is 5.22 Å². The molecule has 13 heavy (non-hydrogen) atoms. The number of hydrogen-bond acceptors (Lipinski definition) is 5. The summed E-state index contributed by atoms with van der Waals surface area (Å²) in [6.45, 7) is 0. The number of phenolic OH excluding ortho intramolecular Hbond substituents is 2. The quantitative estimate of drug-likeness (QED) is 0.540. The molecule has 0 aliphatic carbocycles. The van der Waals surface area contributed by atoms with Crippen molar-refractivity contribution >= 4 is 22.9 Å². The fourth-order valence-electron chi connectivity index (χ4n) is 0.993. The fourth-order valence-corrected chi connectivity index (χ4v) is 1.30. The lowest BCUT2D eigenvalue weighted by atomic mass is 10.3. The highest BCUT2D eigenvalue weighted by atomic mass is 32.2. The molecule has 2 aromatic rings. The molecule has 1 radical (unpaired) electrons. The Morgan fingerprint density at radius 2 is 2.00 bits per heavy atom. The highest BCUT2D eigenvalue weighted by molar-refractivity contribution is 8.00. The van der Waals surface area contributed by atoms with Gasteiger partial charge in [-0.05, 0) is 0 Å². The van der Waals surface area contributed by atoms with E-state index in [9.17, 15) is 0 Å². The van der Waals surface area contributed by atoms with Crippen molar-refractivity contribution in [1.29, 1.82) is 0 Å². The SMILES string of the molecule is [CH2]Sc1nc2cc(O)c(O)cc2o1. The van der Waals surface area contributed by atoms with Gasteiger partial charge in [0.1, 0.15) is 5.52 Å². The van der Waals surface area contributed by atoms with Crippen LogP contribution >= 0.6 is 11.8 Å². The van der Waals surface area contributed by atoms with Crippen molar-refractivity contribution in [2.45, 2.75) is 5.22 Å². The average molecular weight is 196 g/mol. The van der Waals surface area contributed by atoms with Gasteiger partial charge < -0.3 is 14.6 Å². The molecule has 1 heterocycles. The summed E-state index contributed by atoms with van der Waals surface area (Å²) in [5.41, 5.74) is 0.933. The van der Waals surface area contributed by atoms with Crippen LogP contribution in [-0.2, 0) is 0 Å². The Labute approximate surface area is 78.2 Å². The first-order chi connectivity index (χ1) is 6.20. The van der Waals surface area contributed by atoms with E-state index < -0.39 is 0 Å². The van der Waals surface area contributed by atoms with E-state index in [-0.39, 0.29) is 11.5 Å². The summed E-state index contributed by atoms with van der Waals surface area (Å²) in [7, 11) is 0. The number of rotatable bonds is 1. The first-order valence-corrected chi connectivity index (χ1v) is 4.44. The number of thioether (sulfide) groups is 1. The Hall–Kier alpha value is -1.36. The van der Waals surface area contributed by atoms with Crippen LogP contribution in [0.4, 0.5) is 0 Å². The van der Waals surface area contributed by atoms with Gasteiger partial charge in [-0.3, -0.25) is 0 Å². The van der Waals surface area contributed by atoms with Gasteiger partial charge in [-0.1, -0.05) is 11.8 Å². The largest absolute Gasteiger partial charge is 0.504 e. The lowest BCUT2D eigenvalue weighted by molar-refractivity contribution is 0.403. The molecular formula is C8H6NO3S. The number of phenols is 2. The van der Waals surface area contributed by atoms with Gasteiger partial charge in [0.2, 0.25) is 0 Å². The monoisotopic (exact) mass is 196 g/mol. The van der Waals surface area contributed by atoms with Gasteiger partial charge >= 0.3 is 0 Å². The summed E-state index contributed by atoms with van der Waals surface area (Å²) in [5, 5.41) is 18.7. The van der Waals surface area contributed by atoms with Crippen molar-refractivity contribution in [2.75, 3.05) is 0 Å². The lowest BCUT2D eigenvalue weighted by Crippen LogP contribution is -1.70. The van der Waals surface area contributed by atoms with Crippen molar-refractivity contribution in [3.8, 4) is 11.5 Å². The standard InChI is InChI=1S/C8H6NO3S/c1-13-8-9-4-2-5(10)6(11)3-7(4)12-8/h2-3,10-11H,1H2. The second-order valence-corrected chi connectivity index (χ2v) is 3.07. The molecule has 0 aliphatic heterocycles. The molecule has 0 unspecified atom stereocenters. The van der Waals surface area contributed by atoms with Crippen LogP contribution in [0.2, 0.25) is 0 Å². The summed E-state index contributed by atoms with van der Waals surface area (Å²) < 4.78 is 5.17. The van der Waals surface area contributed by atoms with Crippen LogP contribution in [0.15, 0.2) is 21.8 Å². The van der Waals surface area contributed by atoms with Crippen LogP contribution in [-0.4, -0.2) is 15.2 Å². The van der Waals surface area contributed by atoms with Crippen molar-refractivity contribution in [1.82, 2.24) is 4.98 Å². The van der Waals surface area contributed by atoms with Crippen LogP contribution in [0.25, 0.3) is 11.1 Å². The molecule has 4 nitrogen and oxygen atoms in total. The van der Waals surface area contributed by atoms with E-state index in [2.05, 4.69) is 11.2 Å². The Kier molecular flexibility index (Phi) is 1.81. The minimum Gasteiger partial charge on any atom is -0.504 e. The second-order valence-electron chi connectivity index (χ2n) is 2.43. The summed E-state index contributed by atoms with van der Waals surface area (Å²) in [6, 6.07) is 2.66. The first kappa shape index (κ1) is 8.25. The number of benzene rings is 1. The second kappa shape index (κ2) is 2.85. The highest BCUT2D eigenvalue weighted by Crippen LogP contribution is 2.31. The zero-order valence-corrected chi connectivity index (χ0v) is 7.34. The molecule has 1 aromatic heterocycles. The topological polar surface area (TPSA) is 66.5 Å². The Bertz CT molecular complexity index is 413. The van der Waals surface area contributed by atoms with Gasteiger partial charge in [-0.25, -0.2) is 4.98 Å². The maximum absolute atomic E-state index is 9.15. The van der Waals surface area contributed by atoms with Crippen LogP contribution in [0, 0.1) is 6.26 Å². The molecule has 0 bridgehead atoms. The van der Waals surface area contributed by atoms with Crippen LogP contribution in [0.3, 0.4) is 0 Å². The molecule has 0 aliphatic rings. The van der Waals surface area contributed by atoms with Crippen molar-refractivity contribution < 1.29 is 14.6 Å². The number of oxazole rings is 1. The summed E-state index contributed by atoms with van der Waals surface area (Å²) in [4.78, 5) is 4.00. The van der Waals surface area contributed by atoms with Crippen LogP contribution in [0.5, 0.6) is 11.5 Å². The van der Waals surface area contributed by atoms with E-state index in [0.717, 1.165) is 11.8 Å². The number of nitrogens with zero attached hydrogens (tertiary/aromatic N) is 1. The molecular weight excluding hydrogens is 190 g/mol. The summed E-state index contributed by atoms with van der Waals surface area (Å²) >= 11 is 1.12. The number of aromatic hydroxyl groups is 2. The van der Waals surface area contributed by atoms with Gasteiger partial charge in [0.05, 0.1) is 0 Å². The molecule has 0 atom stereocenters. The van der Waals surface area contributed by atoms with E-state index in [1.54, 1.807) is 0 Å². The zero-order valence-electron chi connectivity index (χ0n) is 6.52. The Balaban J connectivity index is 2.70. The molecule has 5 heteroatoms. The molecule has 0 saturated heterocycles. The molecule has 0 spiro atoms. The number of hydrogen-bond donors (Lipinski definition) is 2. The average Bonchev–Trinajstić information content (AvgIpc) is 2.48. The molecule has 67 valence electrons.